The number of likely N-dealkylation sites (tertiary alicyclic amines) is 1. The number of carbonyl (C=O) groups is 4. The van der Waals surface area contributed by atoms with Gasteiger partial charge in [0, 0.05) is 67.4 Å². The Hall–Kier alpha value is -5.50. The van der Waals surface area contributed by atoms with E-state index in [9.17, 15) is 32.7 Å². The Morgan fingerprint density at radius 2 is 1.62 bits per heavy atom. The van der Waals surface area contributed by atoms with E-state index in [2.05, 4.69) is 15.2 Å². The number of fused-ring (bicyclic) bond motifs is 1. The van der Waals surface area contributed by atoms with Gasteiger partial charge in [0.2, 0.25) is 5.91 Å². The lowest BCUT2D eigenvalue weighted by Gasteiger charge is -2.22. The summed E-state index contributed by atoms with van der Waals surface area (Å²) >= 11 is 0. The number of carboxylic acid groups (broad SMARTS) is 2. The van der Waals surface area contributed by atoms with Crippen molar-refractivity contribution in [3.63, 3.8) is 0 Å². The number of hydrogen-bond donors (Lipinski definition) is 4. The summed E-state index contributed by atoms with van der Waals surface area (Å²) in [6.45, 7) is 7.21. The van der Waals surface area contributed by atoms with Crippen molar-refractivity contribution >= 4 is 47.0 Å². The lowest BCUT2D eigenvalue weighted by atomic mass is 9.89. The Balaban J connectivity index is 0.000000785. The Morgan fingerprint density at radius 1 is 0.942 bits per heavy atom. The highest BCUT2D eigenvalue weighted by Gasteiger charge is 2.39. The topological polar surface area (TPSA) is 166 Å². The van der Waals surface area contributed by atoms with Crippen molar-refractivity contribution < 1.29 is 42.6 Å². The van der Waals surface area contributed by atoms with Crippen molar-refractivity contribution in [1.29, 1.82) is 0 Å². The van der Waals surface area contributed by atoms with Crippen molar-refractivity contribution in [3.05, 3.63) is 101 Å². The number of halogens is 3. The Bertz CT molecular complexity index is 1820. The molecule has 2 amide bonds. The number of amides is 2. The molecule has 11 nitrogen and oxygen atoms in total. The van der Waals surface area contributed by atoms with Crippen LogP contribution in [0.25, 0.3) is 6.08 Å². The molecule has 2 aliphatic rings. The minimum atomic E-state index is -5.08. The molecule has 52 heavy (non-hydrogen) atoms. The average molecular weight is 722 g/mol. The molecule has 0 unspecified atom stereocenters. The standard InChI is InChI=1S/C36H41N5O4.C2HF3O2/c1-3-15-41(16-4-2)35(43)28-17-26-13-14-27(19-32(26)39-33(37)20-28)34(42)38-29-12-8-11-25(18-29)30-22-40(23-31(30)36(44)45)21-24-9-6-5-7-10-24;3-2(4,5)1(6)7/h5-14,17-19,30-31H,3-4,15-16,20-23H2,1-2H3,(H2,37,39)(H,38,42)(H,44,45);(H,6,7)/t30-,31+;/m1./s1. The van der Waals surface area contributed by atoms with Crippen LogP contribution in [0.3, 0.4) is 0 Å². The molecule has 1 saturated heterocycles. The summed E-state index contributed by atoms with van der Waals surface area (Å²) in [6.07, 6.45) is -1.28. The van der Waals surface area contributed by atoms with Crippen LogP contribution < -0.4 is 11.1 Å². The summed E-state index contributed by atoms with van der Waals surface area (Å²) in [4.78, 5) is 56.3. The molecule has 5 rings (SSSR count). The number of hydrogen-bond acceptors (Lipinski definition) is 7. The zero-order valence-corrected chi connectivity index (χ0v) is 28.9. The monoisotopic (exact) mass is 721 g/mol. The summed E-state index contributed by atoms with van der Waals surface area (Å²) in [5, 5.41) is 20.1. The van der Waals surface area contributed by atoms with E-state index in [4.69, 9.17) is 15.6 Å². The van der Waals surface area contributed by atoms with Crippen LogP contribution in [0.1, 0.15) is 66.1 Å². The molecule has 3 aromatic rings. The highest BCUT2D eigenvalue weighted by Crippen LogP contribution is 2.35. The Labute approximate surface area is 299 Å². The van der Waals surface area contributed by atoms with Gasteiger partial charge in [-0.2, -0.15) is 13.2 Å². The molecule has 2 atom stereocenters. The zero-order chi connectivity index (χ0) is 38.0. The van der Waals surface area contributed by atoms with Crippen LogP contribution in [-0.4, -0.2) is 82.0 Å². The van der Waals surface area contributed by atoms with Crippen molar-refractivity contribution in [2.75, 3.05) is 31.5 Å². The molecule has 0 spiro atoms. The fourth-order valence-corrected chi connectivity index (χ4v) is 6.22. The smallest absolute Gasteiger partial charge is 0.481 e. The van der Waals surface area contributed by atoms with E-state index < -0.39 is 24.0 Å². The first-order valence-corrected chi connectivity index (χ1v) is 16.9. The number of carboxylic acids is 2. The summed E-state index contributed by atoms with van der Waals surface area (Å²) in [6, 6.07) is 22.6. The molecule has 0 radical (unpaired) electrons. The van der Waals surface area contributed by atoms with Crippen LogP contribution in [0.5, 0.6) is 0 Å². The number of carbonyl (C=O) groups excluding carboxylic acids is 2. The Kier molecular flexibility index (Phi) is 13.3. The molecule has 276 valence electrons. The Morgan fingerprint density at radius 3 is 2.23 bits per heavy atom. The first-order valence-electron chi connectivity index (χ1n) is 16.9. The van der Waals surface area contributed by atoms with E-state index in [1.165, 1.54) is 0 Å². The lowest BCUT2D eigenvalue weighted by Crippen LogP contribution is -2.34. The lowest BCUT2D eigenvalue weighted by molar-refractivity contribution is -0.192. The van der Waals surface area contributed by atoms with E-state index >= 15 is 0 Å². The third kappa shape index (κ3) is 10.5. The van der Waals surface area contributed by atoms with E-state index in [-0.39, 0.29) is 24.2 Å². The molecular weight excluding hydrogens is 679 g/mol. The number of amidine groups is 1. The van der Waals surface area contributed by atoms with Gasteiger partial charge in [-0.15, -0.1) is 0 Å². The number of anilines is 1. The number of alkyl halides is 3. The number of nitrogens with two attached hydrogens (primary N) is 1. The van der Waals surface area contributed by atoms with Gasteiger partial charge in [-0.25, -0.2) is 9.79 Å². The maximum atomic E-state index is 13.4. The summed E-state index contributed by atoms with van der Waals surface area (Å²) < 4.78 is 31.7. The number of aliphatic imine (C=N–C) groups is 1. The molecule has 1 fully saturated rings. The largest absolute Gasteiger partial charge is 0.490 e. The van der Waals surface area contributed by atoms with Crippen LogP contribution in [0.2, 0.25) is 0 Å². The molecule has 2 heterocycles. The van der Waals surface area contributed by atoms with Crippen molar-refractivity contribution in [3.8, 4) is 0 Å². The second-order valence-electron chi connectivity index (χ2n) is 12.6. The third-order valence-electron chi connectivity index (χ3n) is 8.58. The molecule has 14 heteroatoms. The van der Waals surface area contributed by atoms with E-state index in [1.807, 2.05) is 73.4 Å². The fraction of sp³-hybridized carbons (Fsp3) is 0.342. The summed E-state index contributed by atoms with van der Waals surface area (Å²) in [5.41, 5.74) is 11.1. The second kappa shape index (κ2) is 17.6. The maximum absolute atomic E-state index is 13.4. The quantitative estimate of drug-likeness (QED) is 0.179. The SMILES string of the molecule is CCCN(CCC)C(=O)C1=Cc2ccc(C(=O)Nc3cccc([C@H]4CN(Cc5ccccc5)C[C@@H]4C(=O)O)c3)cc2N=C(N)C1.O=C(O)C(F)(F)F. The van der Waals surface area contributed by atoms with Crippen molar-refractivity contribution in [2.24, 2.45) is 16.6 Å². The fourth-order valence-electron chi connectivity index (χ4n) is 6.22. The molecule has 0 aliphatic carbocycles. The van der Waals surface area contributed by atoms with Gasteiger partial charge in [-0.05, 0) is 54.3 Å². The highest BCUT2D eigenvalue weighted by atomic mass is 19.4. The minimum Gasteiger partial charge on any atom is -0.481 e. The molecule has 5 N–H and O–H groups in total. The predicted molar refractivity (Wildman–Crippen MR) is 191 cm³/mol. The van der Waals surface area contributed by atoms with E-state index in [1.54, 1.807) is 24.3 Å². The molecular formula is C38H42F3N5O6. The minimum absolute atomic E-state index is 0.0398. The molecule has 0 aromatic heterocycles. The number of benzene rings is 3. The third-order valence-corrected chi connectivity index (χ3v) is 8.58. The predicted octanol–water partition coefficient (Wildman–Crippen LogP) is 6.30. The second-order valence-corrected chi connectivity index (χ2v) is 12.6. The molecule has 2 aliphatic heterocycles. The van der Waals surface area contributed by atoms with Crippen LogP contribution in [-0.2, 0) is 20.9 Å². The zero-order valence-electron chi connectivity index (χ0n) is 28.9. The number of nitrogens with zero attached hydrogens (tertiary/aromatic N) is 3. The average Bonchev–Trinajstić information content (AvgIpc) is 3.44. The normalized spacial score (nSPS) is 17.0. The number of aliphatic carboxylic acids is 2. The van der Waals surface area contributed by atoms with Gasteiger partial charge >= 0.3 is 18.1 Å². The molecule has 0 saturated carbocycles. The first kappa shape index (κ1) is 39.3. The summed E-state index contributed by atoms with van der Waals surface area (Å²) in [7, 11) is 0. The van der Waals surface area contributed by atoms with Gasteiger partial charge < -0.3 is 26.2 Å². The number of nitrogens with one attached hydrogen (secondary N) is 1. The van der Waals surface area contributed by atoms with Gasteiger partial charge in [0.15, 0.2) is 0 Å². The molecule has 3 aromatic carbocycles. The van der Waals surface area contributed by atoms with Gasteiger partial charge in [-0.1, -0.05) is 62.4 Å². The van der Waals surface area contributed by atoms with Gasteiger partial charge in [0.25, 0.3) is 5.91 Å². The maximum Gasteiger partial charge on any atom is 0.490 e. The van der Waals surface area contributed by atoms with Crippen molar-refractivity contribution in [1.82, 2.24) is 9.80 Å². The van der Waals surface area contributed by atoms with Gasteiger partial charge in [0.05, 0.1) is 11.6 Å². The van der Waals surface area contributed by atoms with Crippen LogP contribution in [0.15, 0.2) is 83.4 Å². The van der Waals surface area contributed by atoms with Gasteiger partial charge in [0.1, 0.15) is 5.84 Å². The number of rotatable bonds is 11. The van der Waals surface area contributed by atoms with Crippen molar-refractivity contribution in [2.45, 2.75) is 51.7 Å². The van der Waals surface area contributed by atoms with E-state index in [0.717, 1.165) is 29.5 Å². The van der Waals surface area contributed by atoms with Crippen LogP contribution in [0.4, 0.5) is 24.5 Å². The molecule has 0 bridgehead atoms. The van der Waals surface area contributed by atoms with E-state index in [0.29, 0.717) is 61.1 Å². The first-order chi connectivity index (χ1) is 24.7. The van der Waals surface area contributed by atoms with Crippen LogP contribution >= 0.6 is 0 Å². The summed E-state index contributed by atoms with van der Waals surface area (Å²) in [5.74, 6) is -4.38. The van der Waals surface area contributed by atoms with Crippen LogP contribution in [0, 0.1) is 5.92 Å². The highest BCUT2D eigenvalue weighted by molar-refractivity contribution is 6.08. The van der Waals surface area contributed by atoms with Gasteiger partial charge in [-0.3, -0.25) is 19.3 Å².